The summed E-state index contributed by atoms with van der Waals surface area (Å²) in [5.41, 5.74) is 1.02. The lowest BCUT2D eigenvalue weighted by Gasteiger charge is -2.12. The lowest BCUT2D eigenvalue weighted by Crippen LogP contribution is -2.10. The van der Waals surface area contributed by atoms with Gasteiger partial charge in [-0.15, -0.1) is 0 Å². The maximum Gasteiger partial charge on any atom is 0.338 e. The highest BCUT2D eigenvalue weighted by Crippen LogP contribution is 2.27. The Kier molecular flexibility index (Phi) is 2.90. The maximum absolute atomic E-state index is 11.1. The van der Waals surface area contributed by atoms with Crippen LogP contribution in [0.3, 0.4) is 0 Å². The van der Waals surface area contributed by atoms with Crippen molar-refractivity contribution >= 4 is 5.97 Å². The summed E-state index contributed by atoms with van der Waals surface area (Å²) in [4.78, 5) is 15.1. The number of aromatic nitrogens is 2. The SMILES string of the molecule is CC(C)(C)c1cc(-c2ncccc2C(=O)O)on1. The number of rotatable bonds is 2. The van der Waals surface area contributed by atoms with Crippen LogP contribution < -0.4 is 0 Å². The van der Waals surface area contributed by atoms with Gasteiger partial charge in [-0.2, -0.15) is 0 Å². The first-order valence-electron chi connectivity index (χ1n) is 5.55. The predicted molar refractivity (Wildman–Crippen MR) is 65.4 cm³/mol. The van der Waals surface area contributed by atoms with Crippen molar-refractivity contribution in [3.8, 4) is 11.5 Å². The predicted octanol–water partition coefficient (Wildman–Crippen LogP) is 2.73. The highest BCUT2D eigenvalue weighted by Gasteiger charge is 2.22. The van der Waals surface area contributed by atoms with Crippen LogP contribution in [0, 0.1) is 0 Å². The van der Waals surface area contributed by atoms with Crippen molar-refractivity contribution in [2.24, 2.45) is 0 Å². The minimum atomic E-state index is -1.04. The average molecular weight is 246 g/mol. The number of carbonyl (C=O) groups is 1. The minimum Gasteiger partial charge on any atom is -0.478 e. The monoisotopic (exact) mass is 246 g/mol. The van der Waals surface area contributed by atoms with Gasteiger partial charge in [-0.1, -0.05) is 25.9 Å². The quantitative estimate of drug-likeness (QED) is 0.881. The van der Waals surface area contributed by atoms with Gasteiger partial charge in [0.05, 0.1) is 11.3 Å². The molecule has 2 aromatic heterocycles. The Labute approximate surface area is 104 Å². The zero-order chi connectivity index (χ0) is 13.3. The number of hydrogen-bond acceptors (Lipinski definition) is 4. The molecular formula is C13H14N2O3. The van der Waals surface area contributed by atoms with Gasteiger partial charge < -0.3 is 9.63 Å². The van der Waals surface area contributed by atoms with E-state index in [1.54, 1.807) is 12.1 Å². The van der Waals surface area contributed by atoms with Crippen LogP contribution in [-0.4, -0.2) is 21.2 Å². The standard InChI is InChI=1S/C13H14N2O3/c1-13(2,3)10-7-9(18-15-10)11-8(12(16)17)5-4-6-14-11/h4-7H,1-3H3,(H,16,17). The molecule has 0 saturated carbocycles. The molecule has 0 bridgehead atoms. The summed E-state index contributed by atoms with van der Waals surface area (Å²) in [5.74, 6) is -0.662. The van der Waals surface area contributed by atoms with Crippen molar-refractivity contribution in [2.75, 3.05) is 0 Å². The molecular weight excluding hydrogens is 232 g/mol. The lowest BCUT2D eigenvalue weighted by molar-refractivity contribution is 0.0697. The molecule has 0 aromatic carbocycles. The first kappa shape index (κ1) is 12.3. The number of aromatic carboxylic acids is 1. The molecule has 18 heavy (non-hydrogen) atoms. The van der Waals surface area contributed by atoms with E-state index < -0.39 is 5.97 Å². The van der Waals surface area contributed by atoms with Gasteiger partial charge in [0.25, 0.3) is 0 Å². The van der Waals surface area contributed by atoms with E-state index in [9.17, 15) is 4.79 Å². The Morgan fingerprint density at radius 1 is 1.39 bits per heavy atom. The Morgan fingerprint density at radius 3 is 2.67 bits per heavy atom. The Bertz CT molecular complexity index is 582. The molecule has 0 aliphatic heterocycles. The van der Waals surface area contributed by atoms with Crippen LogP contribution in [0.25, 0.3) is 11.5 Å². The van der Waals surface area contributed by atoms with Crippen LogP contribution in [0.4, 0.5) is 0 Å². The van der Waals surface area contributed by atoms with Crippen molar-refractivity contribution < 1.29 is 14.4 Å². The number of hydrogen-bond donors (Lipinski definition) is 1. The topological polar surface area (TPSA) is 76.2 Å². The molecule has 0 radical (unpaired) electrons. The van der Waals surface area contributed by atoms with E-state index in [4.69, 9.17) is 9.63 Å². The van der Waals surface area contributed by atoms with Crippen molar-refractivity contribution in [3.05, 3.63) is 35.7 Å². The fraction of sp³-hybridized carbons (Fsp3) is 0.308. The van der Waals surface area contributed by atoms with Crippen molar-refractivity contribution in [2.45, 2.75) is 26.2 Å². The van der Waals surface area contributed by atoms with Gasteiger partial charge in [-0.3, -0.25) is 4.98 Å². The molecule has 0 aliphatic rings. The molecule has 0 spiro atoms. The van der Waals surface area contributed by atoms with Gasteiger partial charge in [-0.05, 0) is 12.1 Å². The first-order chi connectivity index (χ1) is 8.39. The molecule has 94 valence electrons. The Balaban J connectivity index is 2.50. The lowest BCUT2D eigenvalue weighted by atomic mass is 9.92. The molecule has 0 amide bonds. The van der Waals surface area contributed by atoms with Crippen LogP contribution in [0.5, 0.6) is 0 Å². The third-order valence-electron chi connectivity index (χ3n) is 2.55. The van der Waals surface area contributed by atoms with E-state index >= 15 is 0 Å². The summed E-state index contributed by atoms with van der Waals surface area (Å²) in [5, 5.41) is 13.0. The fourth-order valence-corrected chi connectivity index (χ4v) is 1.51. The molecule has 0 atom stereocenters. The van der Waals surface area contributed by atoms with Crippen molar-refractivity contribution in [3.63, 3.8) is 0 Å². The van der Waals surface area contributed by atoms with Crippen molar-refractivity contribution in [1.82, 2.24) is 10.1 Å². The highest BCUT2D eigenvalue weighted by molar-refractivity contribution is 5.93. The second kappa shape index (κ2) is 4.25. The Hall–Kier alpha value is -2.17. The van der Waals surface area contributed by atoms with Crippen LogP contribution in [-0.2, 0) is 5.41 Å². The molecule has 1 N–H and O–H groups in total. The van der Waals surface area contributed by atoms with E-state index in [1.165, 1.54) is 12.3 Å². The largest absolute Gasteiger partial charge is 0.478 e. The fourth-order valence-electron chi connectivity index (χ4n) is 1.51. The zero-order valence-electron chi connectivity index (χ0n) is 10.5. The molecule has 2 heterocycles. The van der Waals surface area contributed by atoms with E-state index in [2.05, 4.69) is 10.1 Å². The molecule has 0 aliphatic carbocycles. The first-order valence-corrected chi connectivity index (χ1v) is 5.55. The summed E-state index contributed by atoms with van der Waals surface area (Å²) in [6.45, 7) is 6.02. The molecule has 2 rings (SSSR count). The maximum atomic E-state index is 11.1. The second-order valence-corrected chi connectivity index (χ2v) is 5.03. The second-order valence-electron chi connectivity index (χ2n) is 5.03. The smallest absolute Gasteiger partial charge is 0.338 e. The van der Waals surface area contributed by atoms with E-state index in [0.29, 0.717) is 11.5 Å². The van der Waals surface area contributed by atoms with Gasteiger partial charge >= 0.3 is 5.97 Å². The van der Waals surface area contributed by atoms with E-state index in [1.807, 2.05) is 20.8 Å². The summed E-state index contributed by atoms with van der Waals surface area (Å²) in [7, 11) is 0. The molecule has 5 heteroatoms. The molecule has 0 fully saturated rings. The molecule has 0 saturated heterocycles. The normalized spacial score (nSPS) is 11.5. The van der Waals surface area contributed by atoms with Gasteiger partial charge in [-0.25, -0.2) is 4.79 Å². The van der Waals surface area contributed by atoms with Gasteiger partial charge in [0.2, 0.25) is 0 Å². The van der Waals surface area contributed by atoms with E-state index in [-0.39, 0.29) is 11.0 Å². The summed E-state index contributed by atoms with van der Waals surface area (Å²) < 4.78 is 5.19. The number of nitrogens with zero attached hydrogens (tertiary/aromatic N) is 2. The third-order valence-corrected chi connectivity index (χ3v) is 2.55. The van der Waals surface area contributed by atoms with Gasteiger partial charge in [0.15, 0.2) is 5.76 Å². The van der Waals surface area contributed by atoms with Gasteiger partial charge in [0.1, 0.15) is 5.69 Å². The van der Waals surface area contributed by atoms with Crippen LogP contribution >= 0.6 is 0 Å². The number of carboxylic acids is 1. The average Bonchev–Trinajstić information content (AvgIpc) is 2.77. The number of carboxylic acid groups (broad SMARTS) is 1. The van der Waals surface area contributed by atoms with Crippen LogP contribution in [0.2, 0.25) is 0 Å². The zero-order valence-corrected chi connectivity index (χ0v) is 10.5. The summed E-state index contributed by atoms with van der Waals surface area (Å²) in [6.07, 6.45) is 1.53. The van der Waals surface area contributed by atoms with E-state index in [0.717, 1.165) is 5.69 Å². The molecule has 5 nitrogen and oxygen atoms in total. The minimum absolute atomic E-state index is 0.106. The van der Waals surface area contributed by atoms with Crippen molar-refractivity contribution in [1.29, 1.82) is 0 Å². The highest BCUT2D eigenvalue weighted by atomic mass is 16.5. The van der Waals surface area contributed by atoms with Crippen LogP contribution in [0.15, 0.2) is 28.9 Å². The Morgan fingerprint density at radius 2 is 2.11 bits per heavy atom. The number of pyridine rings is 1. The summed E-state index contributed by atoms with van der Waals surface area (Å²) in [6, 6.07) is 4.80. The van der Waals surface area contributed by atoms with Gasteiger partial charge in [0, 0.05) is 17.7 Å². The molecule has 0 unspecified atom stereocenters. The van der Waals surface area contributed by atoms with Crippen LogP contribution in [0.1, 0.15) is 36.8 Å². The molecule has 2 aromatic rings. The summed E-state index contributed by atoms with van der Waals surface area (Å²) >= 11 is 0. The third kappa shape index (κ3) is 2.25.